The lowest BCUT2D eigenvalue weighted by Gasteiger charge is -2.15. The van der Waals surface area contributed by atoms with Crippen LogP contribution in [-0.2, 0) is 4.74 Å². The maximum Gasteiger partial charge on any atom is 0.0701 e. The first-order chi connectivity index (χ1) is 5.35. The van der Waals surface area contributed by atoms with E-state index in [4.69, 9.17) is 9.84 Å². The van der Waals surface area contributed by atoms with E-state index in [2.05, 4.69) is 13.8 Å². The molecule has 0 rings (SSSR count). The molecule has 0 fully saturated rings. The summed E-state index contributed by atoms with van der Waals surface area (Å²) < 4.78 is 5.42. The third-order valence-electron chi connectivity index (χ3n) is 1.67. The lowest BCUT2D eigenvalue weighted by Crippen LogP contribution is -2.14. The summed E-state index contributed by atoms with van der Waals surface area (Å²) in [5, 5.41) is 8.53. The van der Waals surface area contributed by atoms with Crippen LogP contribution in [0.4, 0.5) is 0 Å². The van der Waals surface area contributed by atoms with Gasteiger partial charge in [0.2, 0.25) is 0 Å². The first kappa shape index (κ1) is 43.6. The van der Waals surface area contributed by atoms with Gasteiger partial charge in [-0.1, -0.05) is 71.2 Å². The van der Waals surface area contributed by atoms with Gasteiger partial charge in [-0.05, 0) is 12.8 Å². The molecule has 0 aromatic carbocycles. The molecule has 1 N–H and O–H groups in total. The van der Waals surface area contributed by atoms with E-state index in [1.54, 1.807) is 0 Å². The highest BCUT2D eigenvalue weighted by Crippen LogP contribution is 2.08. The highest BCUT2D eigenvalue weighted by Gasteiger charge is 2.05. The van der Waals surface area contributed by atoms with Crippen molar-refractivity contribution in [1.82, 2.24) is 0 Å². The summed E-state index contributed by atoms with van der Waals surface area (Å²) in [6, 6.07) is 0. The van der Waals surface area contributed by atoms with Crippen molar-refractivity contribution in [1.29, 1.82) is 0 Å². The molecule has 0 spiro atoms. The lowest BCUT2D eigenvalue weighted by atomic mass is 10.1. The Bertz CT molecular complexity index is 69.3. The van der Waals surface area contributed by atoms with E-state index < -0.39 is 0 Å². The van der Waals surface area contributed by atoms with Gasteiger partial charge in [-0.3, -0.25) is 0 Å². The predicted molar refractivity (Wildman–Crippen MR) is 87.0 cm³/mol. The zero-order chi connectivity index (χ0) is 8.53. The second-order valence-electron chi connectivity index (χ2n) is 2.79. The summed E-state index contributed by atoms with van der Waals surface area (Å²) in [6.45, 7) is 4.95. The molecular weight excluding hydrogens is 212 g/mol. The molecule has 0 bridgehead atoms. The fraction of sp³-hybridized carbons (Fsp3) is 1.00. The quantitative estimate of drug-likeness (QED) is 0.625. The fourth-order valence-electron chi connectivity index (χ4n) is 1.17. The number of hydrogen-bond acceptors (Lipinski definition) is 2. The Balaban J connectivity index is -0.0000000333. The summed E-state index contributed by atoms with van der Waals surface area (Å²) in [5.41, 5.74) is 0. The SMILES string of the molecule is C.C.C.C.C.C.CCCC(CCC)OCCO. The van der Waals surface area contributed by atoms with E-state index in [1.807, 2.05) is 0 Å². The number of hydrogen-bond donors (Lipinski definition) is 1. The molecule has 0 heterocycles. The maximum atomic E-state index is 8.53. The van der Waals surface area contributed by atoms with Crippen LogP contribution in [0, 0.1) is 0 Å². The van der Waals surface area contributed by atoms with Gasteiger partial charge in [0, 0.05) is 0 Å². The van der Waals surface area contributed by atoms with Crippen LogP contribution in [-0.4, -0.2) is 24.4 Å². The van der Waals surface area contributed by atoms with Crippen LogP contribution in [0.5, 0.6) is 0 Å². The third kappa shape index (κ3) is 31.3. The molecule has 17 heavy (non-hydrogen) atoms. The standard InChI is InChI=1S/C9H20O2.6CH4/c1-3-5-9(6-4-2)11-8-7-10;;;;;;/h9-10H,3-8H2,1-2H3;6*1H4. The number of aliphatic hydroxyl groups excluding tert-OH is 1. The van der Waals surface area contributed by atoms with Crippen molar-refractivity contribution >= 4 is 0 Å². The monoisotopic (exact) mass is 256 g/mol. The van der Waals surface area contributed by atoms with Crippen molar-refractivity contribution in [2.24, 2.45) is 0 Å². The Labute approximate surface area is 114 Å². The summed E-state index contributed by atoms with van der Waals surface area (Å²) in [5.74, 6) is 0. The Kier molecular flexibility index (Phi) is 92.3. The van der Waals surface area contributed by atoms with Gasteiger partial charge in [-0.2, -0.15) is 0 Å². The van der Waals surface area contributed by atoms with Gasteiger partial charge >= 0.3 is 0 Å². The summed E-state index contributed by atoms with van der Waals surface area (Å²) in [7, 11) is 0. The van der Waals surface area contributed by atoms with Gasteiger partial charge in [-0.25, -0.2) is 0 Å². The molecule has 0 aliphatic carbocycles. The van der Waals surface area contributed by atoms with Crippen LogP contribution < -0.4 is 0 Å². The molecule has 0 atom stereocenters. The molecule has 0 saturated carbocycles. The zero-order valence-corrected chi connectivity index (χ0v) is 7.68. The van der Waals surface area contributed by atoms with Gasteiger partial charge in [-0.15, -0.1) is 0 Å². The van der Waals surface area contributed by atoms with Crippen LogP contribution in [0.3, 0.4) is 0 Å². The highest BCUT2D eigenvalue weighted by molar-refractivity contribution is 4.55. The zero-order valence-electron chi connectivity index (χ0n) is 7.68. The molecule has 0 amide bonds. The van der Waals surface area contributed by atoms with Crippen LogP contribution >= 0.6 is 0 Å². The average Bonchev–Trinajstić information content (AvgIpc) is 2.01. The Morgan fingerprint density at radius 3 is 1.41 bits per heavy atom. The Morgan fingerprint density at radius 2 is 1.18 bits per heavy atom. The molecule has 2 heteroatoms. The van der Waals surface area contributed by atoms with E-state index in [0.29, 0.717) is 12.7 Å². The topological polar surface area (TPSA) is 29.5 Å². The molecule has 2 nitrogen and oxygen atoms in total. The van der Waals surface area contributed by atoms with Crippen molar-refractivity contribution in [3.63, 3.8) is 0 Å². The Morgan fingerprint density at radius 1 is 0.824 bits per heavy atom. The van der Waals surface area contributed by atoms with Crippen molar-refractivity contribution in [3.8, 4) is 0 Å². The largest absolute Gasteiger partial charge is 0.394 e. The minimum absolute atomic E-state index is 0. The van der Waals surface area contributed by atoms with Crippen molar-refractivity contribution in [3.05, 3.63) is 0 Å². The van der Waals surface area contributed by atoms with E-state index in [9.17, 15) is 0 Å². The second kappa shape index (κ2) is 36.0. The fourth-order valence-corrected chi connectivity index (χ4v) is 1.17. The molecule has 0 unspecified atom stereocenters. The van der Waals surface area contributed by atoms with Crippen molar-refractivity contribution in [2.45, 2.75) is 90.2 Å². The second-order valence-corrected chi connectivity index (χ2v) is 2.79. The summed E-state index contributed by atoms with van der Waals surface area (Å²) >= 11 is 0. The van der Waals surface area contributed by atoms with Gasteiger partial charge in [0.15, 0.2) is 0 Å². The third-order valence-corrected chi connectivity index (χ3v) is 1.67. The first-order valence-corrected chi connectivity index (χ1v) is 4.57. The van der Waals surface area contributed by atoms with Crippen molar-refractivity contribution < 1.29 is 9.84 Å². The lowest BCUT2D eigenvalue weighted by molar-refractivity contribution is 0.0187. The molecule has 116 valence electrons. The van der Waals surface area contributed by atoms with Crippen LogP contribution in [0.25, 0.3) is 0 Å². The molecule has 0 aliphatic rings. The summed E-state index contributed by atoms with van der Waals surface area (Å²) in [6.07, 6.45) is 4.94. The van der Waals surface area contributed by atoms with E-state index >= 15 is 0 Å². The minimum Gasteiger partial charge on any atom is -0.394 e. The van der Waals surface area contributed by atoms with Gasteiger partial charge < -0.3 is 9.84 Å². The van der Waals surface area contributed by atoms with Crippen LogP contribution in [0.1, 0.15) is 84.1 Å². The van der Waals surface area contributed by atoms with Gasteiger partial charge in [0.25, 0.3) is 0 Å². The number of aliphatic hydroxyl groups is 1. The summed E-state index contributed by atoms with van der Waals surface area (Å²) in [4.78, 5) is 0. The van der Waals surface area contributed by atoms with E-state index in [1.165, 1.54) is 0 Å². The van der Waals surface area contributed by atoms with Crippen LogP contribution in [0.15, 0.2) is 0 Å². The smallest absolute Gasteiger partial charge is 0.0701 e. The van der Waals surface area contributed by atoms with E-state index in [-0.39, 0.29) is 51.2 Å². The molecule has 0 aromatic rings. The van der Waals surface area contributed by atoms with Gasteiger partial charge in [0.05, 0.1) is 19.3 Å². The normalized spacial score (nSPS) is 7.06. The minimum atomic E-state index is 0. The molecular formula is C15H44O2. The average molecular weight is 257 g/mol. The molecule has 0 radical (unpaired) electrons. The molecule has 0 aromatic heterocycles. The number of rotatable bonds is 7. The van der Waals surface area contributed by atoms with Crippen molar-refractivity contribution in [2.75, 3.05) is 13.2 Å². The molecule has 0 aliphatic heterocycles. The maximum absolute atomic E-state index is 8.53. The van der Waals surface area contributed by atoms with Gasteiger partial charge in [0.1, 0.15) is 0 Å². The molecule has 0 saturated heterocycles. The Hall–Kier alpha value is -0.0800. The van der Waals surface area contributed by atoms with E-state index in [0.717, 1.165) is 25.7 Å². The number of ether oxygens (including phenoxy) is 1. The van der Waals surface area contributed by atoms with Crippen LogP contribution in [0.2, 0.25) is 0 Å². The predicted octanol–water partition coefficient (Wildman–Crippen LogP) is 5.78. The highest BCUT2D eigenvalue weighted by atomic mass is 16.5. The first-order valence-electron chi connectivity index (χ1n) is 4.57.